The highest BCUT2D eigenvalue weighted by Crippen LogP contribution is 2.29. The van der Waals surface area contributed by atoms with Gasteiger partial charge in [0.2, 0.25) is 15.9 Å². The first-order valence-corrected chi connectivity index (χ1v) is 12.6. The lowest BCUT2D eigenvalue weighted by atomic mass is 10.0. The van der Waals surface area contributed by atoms with Gasteiger partial charge in [0.1, 0.15) is 6.04 Å². The SMILES string of the molecule is Cc1cc(C)c(C)c(S(=O)(=O)N2CCN(C(=O)[C@@H](NC(=O)c3ccco3)C(C)C)CC2)c1C. The zero-order valence-corrected chi connectivity index (χ0v) is 21.0. The monoisotopic (exact) mass is 475 g/mol. The molecule has 0 radical (unpaired) electrons. The molecule has 1 atom stereocenters. The Labute approximate surface area is 196 Å². The van der Waals surface area contributed by atoms with Crippen molar-refractivity contribution in [1.82, 2.24) is 14.5 Å². The van der Waals surface area contributed by atoms with E-state index in [-0.39, 0.29) is 43.8 Å². The van der Waals surface area contributed by atoms with Crippen molar-refractivity contribution in [2.75, 3.05) is 26.2 Å². The minimum atomic E-state index is -3.69. The molecule has 3 rings (SSSR count). The summed E-state index contributed by atoms with van der Waals surface area (Å²) in [7, 11) is -3.69. The maximum Gasteiger partial charge on any atom is 0.287 e. The van der Waals surface area contributed by atoms with E-state index in [2.05, 4.69) is 5.32 Å². The van der Waals surface area contributed by atoms with Gasteiger partial charge in [-0.2, -0.15) is 4.31 Å². The van der Waals surface area contributed by atoms with E-state index in [0.29, 0.717) is 4.90 Å². The molecule has 1 fully saturated rings. The summed E-state index contributed by atoms with van der Waals surface area (Å²) in [6.45, 7) is 12.2. The molecule has 0 unspecified atom stereocenters. The highest BCUT2D eigenvalue weighted by atomic mass is 32.2. The van der Waals surface area contributed by atoms with E-state index in [4.69, 9.17) is 4.42 Å². The van der Waals surface area contributed by atoms with Crippen molar-refractivity contribution in [3.63, 3.8) is 0 Å². The van der Waals surface area contributed by atoms with Crippen molar-refractivity contribution in [3.8, 4) is 0 Å². The molecule has 1 aliphatic heterocycles. The van der Waals surface area contributed by atoms with Crippen LogP contribution in [0, 0.1) is 33.6 Å². The average molecular weight is 476 g/mol. The van der Waals surface area contributed by atoms with Crippen LogP contribution in [0.2, 0.25) is 0 Å². The number of nitrogens with one attached hydrogen (secondary N) is 1. The minimum Gasteiger partial charge on any atom is -0.459 e. The van der Waals surface area contributed by atoms with Gasteiger partial charge in [-0.25, -0.2) is 8.42 Å². The molecule has 0 bridgehead atoms. The lowest BCUT2D eigenvalue weighted by Gasteiger charge is -2.37. The van der Waals surface area contributed by atoms with Gasteiger partial charge in [0, 0.05) is 26.2 Å². The number of aryl methyl sites for hydroxylation is 2. The summed E-state index contributed by atoms with van der Waals surface area (Å²) >= 11 is 0. The molecule has 1 aromatic carbocycles. The Bertz CT molecular complexity index is 1110. The van der Waals surface area contributed by atoms with Gasteiger partial charge >= 0.3 is 0 Å². The van der Waals surface area contributed by atoms with Crippen LogP contribution in [-0.4, -0.2) is 61.7 Å². The summed E-state index contributed by atoms with van der Waals surface area (Å²) < 4.78 is 33.5. The number of sulfonamides is 1. The van der Waals surface area contributed by atoms with Gasteiger partial charge in [-0.1, -0.05) is 19.9 Å². The molecule has 8 nitrogen and oxygen atoms in total. The molecule has 33 heavy (non-hydrogen) atoms. The molecule has 0 spiro atoms. The third-order valence-electron chi connectivity index (χ3n) is 6.41. The summed E-state index contributed by atoms with van der Waals surface area (Å²) in [5, 5.41) is 2.75. The van der Waals surface area contributed by atoms with Gasteiger partial charge < -0.3 is 14.6 Å². The summed E-state index contributed by atoms with van der Waals surface area (Å²) in [5.41, 5.74) is 3.41. The number of benzene rings is 1. The molecule has 180 valence electrons. The Morgan fingerprint density at radius 2 is 1.58 bits per heavy atom. The van der Waals surface area contributed by atoms with Crippen molar-refractivity contribution in [2.45, 2.75) is 52.5 Å². The molecule has 2 aromatic rings. The summed E-state index contributed by atoms with van der Waals surface area (Å²) in [4.78, 5) is 27.6. The van der Waals surface area contributed by atoms with Gasteiger partial charge in [0.05, 0.1) is 11.2 Å². The first kappa shape index (κ1) is 25.0. The Kier molecular flexibility index (Phi) is 7.33. The van der Waals surface area contributed by atoms with Crippen LogP contribution in [0.1, 0.15) is 46.7 Å². The molecule has 2 amide bonds. The van der Waals surface area contributed by atoms with Crippen LogP contribution in [0.5, 0.6) is 0 Å². The number of hydrogen-bond acceptors (Lipinski definition) is 5. The molecule has 0 aliphatic carbocycles. The molecular weight excluding hydrogens is 442 g/mol. The third kappa shape index (κ3) is 4.99. The van der Waals surface area contributed by atoms with Gasteiger partial charge in [0.25, 0.3) is 5.91 Å². The summed E-state index contributed by atoms with van der Waals surface area (Å²) in [6.07, 6.45) is 1.40. The second-order valence-electron chi connectivity index (χ2n) is 8.99. The topological polar surface area (TPSA) is 99.9 Å². The molecule has 1 aromatic heterocycles. The Morgan fingerprint density at radius 3 is 2.06 bits per heavy atom. The van der Waals surface area contributed by atoms with Crippen LogP contribution >= 0.6 is 0 Å². The van der Waals surface area contributed by atoms with Crippen LogP contribution in [0.15, 0.2) is 33.8 Å². The highest BCUT2D eigenvalue weighted by Gasteiger charge is 2.36. The number of amides is 2. The smallest absolute Gasteiger partial charge is 0.287 e. The second kappa shape index (κ2) is 9.69. The van der Waals surface area contributed by atoms with Gasteiger partial charge in [-0.3, -0.25) is 9.59 Å². The Balaban J connectivity index is 1.73. The minimum absolute atomic E-state index is 0.140. The molecule has 1 N–H and O–H groups in total. The van der Waals surface area contributed by atoms with E-state index in [1.165, 1.54) is 16.6 Å². The fourth-order valence-corrected chi connectivity index (χ4v) is 6.17. The summed E-state index contributed by atoms with van der Waals surface area (Å²) in [5.74, 6) is -0.669. The van der Waals surface area contributed by atoms with Crippen molar-refractivity contribution >= 4 is 21.8 Å². The molecule has 1 aliphatic rings. The number of piperazine rings is 1. The zero-order valence-electron chi connectivity index (χ0n) is 20.1. The zero-order chi connectivity index (χ0) is 24.5. The number of carbonyl (C=O) groups is 2. The highest BCUT2D eigenvalue weighted by molar-refractivity contribution is 7.89. The van der Waals surface area contributed by atoms with E-state index in [0.717, 1.165) is 22.3 Å². The lowest BCUT2D eigenvalue weighted by molar-refractivity contribution is -0.135. The number of carbonyl (C=O) groups excluding carboxylic acids is 2. The third-order valence-corrected chi connectivity index (χ3v) is 8.58. The first-order chi connectivity index (χ1) is 15.4. The van der Waals surface area contributed by atoms with E-state index in [9.17, 15) is 18.0 Å². The Hall–Kier alpha value is -2.65. The fraction of sp³-hybridized carbons (Fsp3) is 0.500. The van der Waals surface area contributed by atoms with Gasteiger partial charge in [-0.05, 0) is 68.0 Å². The fourth-order valence-electron chi connectivity index (χ4n) is 4.18. The quantitative estimate of drug-likeness (QED) is 0.693. The molecule has 9 heteroatoms. The number of furan rings is 1. The predicted molar refractivity (Wildman–Crippen MR) is 126 cm³/mol. The first-order valence-electron chi connectivity index (χ1n) is 11.2. The largest absolute Gasteiger partial charge is 0.459 e. The maximum absolute atomic E-state index is 13.5. The van der Waals surface area contributed by atoms with Crippen molar-refractivity contribution < 1.29 is 22.4 Å². The van der Waals surface area contributed by atoms with Crippen LogP contribution in [0.3, 0.4) is 0 Å². The van der Waals surface area contributed by atoms with Crippen LogP contribution in [0.25, 0.3) is 0 Å². The average Bonchev–Trinajstić information content (AvgIpc) is 3.30. The van der Waals surface area contributed by atoms with Crippen molar-refractivity contribution in [3.05, 3.63) is 52.5 Å². The molecule has 0 saturated carbocycles. The standard InChI is InChI=1S/C24H33N3O5S/c1-15(2)21(25-23(28)20-8-7-13-32-20)24(29)26-9-11-27(12-10-26)33(30,31)22-18(5)16(3)14-17(4)19(22)6/h7-8,13-15,21H,9-12H2,1-6H3,(H,25,28)/t21-/m0/s1. The number of hydrogen-bond donors (Lipinski definition) is 1. The number of rotatable bonds is 6. The summed E-state index contributed by atoms with van der Waals surface area (Å²) in [6, 6.07) is 4.43. The van der Waals surface area contributed by atoms with Crippen LogP contribution < -0.4 is 5.32 Å². The molecular formula is C24H33N3O5S. The van der Waals surface area contributed by atoms with E-state index < -0.39 is 22.0 Å². The lowest BCUT2D eigenvalue weighted by Crippen LogP contribution is -2.57. The van der Waals surface area contributed by atoms with Gasteiger partial charge in [0.15, 0.2) is 5.76 Å². The second-order valence-corrected chi connectivity index (χ2v) is 10.9. The van der Waals surface area contributed by atoms with E-state index >= 15 is 0 Å². The number of nitrogens with zero attached hydrogens (tertiary/aromatic N) is 2. The van der Waals surface area contributed by atoms with E-state index in [1.807, 2.05) is 47.6 Å². The molecule has 1 saturated heterocycles. The van der Waals surface area contributed by atoms with Crippen LogP contribution in [-0.2, 0) is 14.8 Å². The maximum atomic E-state index is 13.5. The Morgan fingerprint density at radius 1 is 1.00 bits per heavy atom. The van der Waals surface area contributed by atoms with Gasteiger partial charge in [-0.15, -0.1) is 0 Å². The predicted octanol–water partition coefficient (Wildman–Crippen LogP) is 2.80. The van der Waals surface area contributed by atoms with Crippen LogP contribution in [0.4, 0.5) is 0 Å². The molecule has 2 heterocycles. The van der Waals surface area contributed by atoms with E-state index in [1.54, 1.807) is 11.0 Å². The normalized spacial score (nSPS) is 16.2. The van der Waals surface area contributed by atoms with Crippen molar-refractivity contribution in [2.24, 2.45) is 5.92 Å². The van der Waals surface area contributed by atoms with Crippen molar-refractivity contribution in [1.29, 1.82) is 0 Å².